The van der Waals surface area contributed by atoms with Crippen LogP contribution < -0.4 is 4.90 Å². The van der Waals surface area contributed by atoms with Crippen molar-refractivity contribution in [3.8, 4) is 0 Å². The number of hydrogen-bond donors (Lipinski definition) is 0. The molecule has 0 bridgehead atoms. The standard InChI is InChI=1S/C27H27ClN4O3S2/c1-18-5-7-22(8-6-18)37(34,35)31-14-11-21(12-15-31)26(33)32(17-20-4-3-13-29-16-20)27-30-25-19(2)23(28)9-10-24(25)36-27/h3-10,13,16,21H,11-12,14-15,17H2,1-2H3. The number of aryl methyl sites for hydroxylation is 2. The quantitative estimate of drug-likeness (QED) is 0.310. The first-order chi connectivity index (χ1) is 17.7. The van der Waals surface area contributed by atoms with Crippen molar-refractivity contribution < 1.29 is 13.2 Å². The molecule has 0 spiro atoms. The summed E-state index contributed by atoms with van der Waals surface area (Å²) >= 11 is 7.77. The number of sulfonamides is 1. The number of carbonyl (C=O) groups excluding carboxylic acids is 1. The summed E-state index contributed by atoms with van der Waals surface area (Å²) in [5, 5.41) is 1.24. The first-order valence-electron chi connectivity index (χ1n) is 12.1. The van der Waals surface area contributed by atoms with Crippen LogP contribution in [0.3, 0.4) is 0 Å². The number of anilines is 1. The lowest BCUT2D eigenvalue weighted by molar-refractivity contribution is -0.123. The van der Waals surface area contributed by atoms with E-state index in [1.54, 1.807) is 41.6 Å². The zero-order chi connectivity index (χ0) is 26.2. The van der Waals surface area contributed by atoms with Crippen molar-refractivity contribution >= 4 is 54.2 Å². The van der Waals surface area contributed by atoms with Gasteiger partial charge in [0.1, 0.15) is 0 Å². The van der Waals surface area contributed by atoms with Gasteiger partial charge in [0.15, 0.2) is 5.13 Å². The third-order valence-corrected chi connectivity index (χ3v) is 10.1. The molecule has 0 radical (unpaired) electrons. The van der Waals surface area contributed by atoms with Gasteiger partial charge in [-0.2, -0.15) is 4.31 Å². The van der Waals surface area contributed by atoms with Gasteiger partial charge < -0.3 is 0 Å². The number of thiazole rings is 1. The van der Waals surface area contributed by atoms with Gasteiger partial charge in [0.25, 0.3) is 0 Å². The Morgan fingerprint density at radius 2 is 1.84 bits per heavy atom. The van der Waals surface area contributed by atoms with Gasteiger partial charge in [-0.05, 0) is 68.1 Å². The summed E-state index contributed by atoms with van der Waals surface area (Å²) in [4.78, 5) is 24.9. The highest BCUT2D eigenvalue weighted by Crippen LogP contribution is 2.36. The van der Waals surface area contributed by atoms with Crippen LogP contribution in [-0.4, -0.2) is 41.7 Å². The van der Waals surface area contributed by atoms with Gasteiger partial charge in [-0.3, -0.25) is 14.7 Å². The van der Waals surface area contributed by atoms with Crippen molar-refractivity contribution in [3.63, 3.8) is 0 Å². The van der Waals surface area contributed by atoms with E-state index in [0.717, 1.165) is 26.9 Å². The molecule has 2 aromatic carbocycles. The maximum Gasteiger partial charge on any atom is 0.243 e. The molecule has 1 fully saturated rings. The van der Waals surface area contributed by atoms with Gasteiger partial charge in [-0.15, -0.1) is 0 Å². The Morgan fingerprint density at radius 3 is 2.51 bits per heavy atom. The second-order valence-corrected chi connectivity index (χ2v) is 12.6. The summed E-state index contributed by atoms with van der Waals surface area (Å²) in [5.41, 5.74) is 3.56. The second-order valence-electron chi connectivity index (χ2n) is 9.29. The number of carbonyl (C=O) groups is 1. The summed E-state index contributed by atoms with van der Waals surface area (Å²) in [6.45, 7) is 4.77. The Bertz CT molecular complexity index is 1530. The number of aromatic nitrogens is 2. The molecule has 192 valence electrons. The summed E-state index contributed by atoms with van der Waals surface area (Å²) in [6, 6.07) is 14.4. The Hall–Kier alpha value is -2.85. The summed E-state index contributed by atoms with van der Waals surface area (Å²) in [6.07, 6.45) is 4.34. The molecule has 3 heterocycles. The van der Waals surface area contributed by atoms with Crippen LogP contribution in [0.5, 0.6) is 0 Å². The monoisotopic (exact) mass is 554 g/mol. The third kappa shape index (κ3) is 5.27. The number of piperidine rings is 1. The number of fused-ring (bicyclic) bond motifs is 1. The van der Waals surface area contributed by atoms with E-state index in [1.165, 1.54) is 15.6 Å². The molecule has 4 aromatic rings. The van der Waals surface area contributed by atoms with Gasteiger partial charge >= 0.3 is 0 Å². The number of benzene rings is 2. The molecule has 0 aliphatic carbocycles. The predicted molar refractivity (Wildman–Crippen MR) is 147 cm³/mol. The Balaban J connectivity index is 1.39. The lowest BCUT2D eigenvalue weighted by atomic mass is 9.96. The third-order valence-electron chi connectivity index (χ3n) is 6.76. The van der Waals surface area contributed by atoms with Crippen LogP contribution in [0.15, 0.2) is 65.8 Å². The molecule has 2 aromatic heterocycles. The average Bonchev–Trinajstić information content (AvgIpc) is 3.35. The molecule has 1 aliphatic heterocycles. The van der Waals surface area contributed by atoms with E-state index in [0.29, 0.717) is 42.6 Å². The van der Waals surface area contributed by atoms with Crippen LogP contribution in [0.1, 0.15) is 29.5 Å². The molecule has 0 unspecified atom stereocenters. The molecule has 5 rings (SSSR count). The molecule has 0 saturated carbocycles. The van der Waals surface area contributed by atoms with E-state index in [9.17, 15) is 13.2 Å². The van der Waals surface area contributed by atoms with Crippen molar-refractivity contribution in [2.24, 2.45) is 5.92 Å². The summed E-state index contributed by atoms with van der Waals surface area (Å²) in [7, 11) is -3.60. The second kappa shape index (κ2) is 10.5. The first kappa shape index (κ1) is 25.8. The van der Waals surface area contributed by atoms with Crippen LogP contribution in [0, 0.1) is 19.8 Å². The number of halogens is 1. The predicted octanol–water partition coefficient (Wildman–Crippen LogP) is 5.60. The van der Waals surface area contributed by atoms with Crippen LogP contribution in [-0.2, 0) is 21.4 Å². The number of pyridine rings is 1. The van der Waals surface area contributed by atoms with Crippen molar-refractivity contribution in [3.05, 3.63) is 82.6 Å². The normalized spacial score (nSPS) is 15.2. The molecule has 1 saturated heterocycles. The zero-order valence-electron chi connectivity index (χ0n) is 20.6. The molecule has 10 heteroatoms. The van der Waals surface area contributed by atoms with Crippen LogP contribution in [0.2, 0.25) is 5.02 Å². The number of amides is 1. The topological polar surface area (TPSA) is 83.5 Å². The largest absolute Gasteiger partial charge is 0.283 e. The highest BCUT2D eigenvalue weighted by molar-refractivity contribution is 7.89. The fraction of sp³-hybridized carbons (Fsp3) is 0.296. The molecule has 0 N–H and O–H groups in total. The van der Waals surface area contributed by atoms with Gasteiger partial charge in [0, 0.05) is 36.4 Å². The van der Waals surface area contributed by atoms with Gasteiger partial charge in [0.2, 0.25) is 15.9 Å². The number of hydrogen-bond acceptors (Lipinski definition) is 6. The van der Waals surface area contributed by atoms with E-state index >= 15 is 0 Å². The molecule has 1 aliphatic rings. The summed E-state index contributed by atoms with van der Waals surface area (Å²) < 4.78 is 28.7. The van der Waals surface area contributed by atoms with Crippen molar-refractivity contribution in [1.29, 1.82) is 0 Å². The van der Waals surface area contributed by atoms with Crippen molar-refractivity contribution in [2.45, 2.75) is 38.1 Å². The fourth-order valence-corrected chi connectivity index (χ4v) is 7.19. The van der Waals surface area contributed by atoms with Crippen molar-refractivity contribution in [1.82, 2.24) is 14.3 Å². The molecule has 0 atom stereocenters. The minimum Gasteiger partial charge on any atom is -0.283 e. The van der Waals surface area contributed by atoms with Crippen LogP contribution in [0.25, 0.3) is 10.2 Å². The van der Waals surface area contributed by atoms with Gasteiger partial charge in [0.05, 0.1) is 21.7 Å². The maximum absolute atomic E-state index is 13.9. The number of nitrogens with zero attached hydrogens (tertiary/aromatic N) is 4. The van der Waals surface area contributed by atoms with Crippen molar-refractivity contribution in [2.75, 3.05) is 18.0 Å². The maximum atomic E-state index is 13.9. The smallest absolute Gasteiger partial charge is 0.243 e. The van der Waals surface area contributed by atoms with E-state index < -0.39 is 10.0 Å². The van der Waals surface area contributed by atoms with Crippen LogP contribution in [0.4, 0.5) is 5.13 Å². The minimum absolute atomic E-state index is 0.0564. The minimum atomic E-state index is -3.60. The highest BCUT2D eigenvalue weighted by atomic mass is 35.5. The Morgan fingerprint density at radius 1 is 1.11 bits per heavy atom. The molecular weight excluding hydrogens is 528 g/mol. The zero-order valence-corrected chi connectivity index (χ0v) is 23.0. The fourth-order valence-electron chi connectivity index (χ4n) is 4.54. The van der Waals surface area contributed by atoms with E-state index in [-0.39, 0.29) is 16.7 Å². The Kier molecular flexibility index (Phi) is 7.31. The van der Waals surface area contributed by atoms with Gasteiger partial charge in [-0.25, -0.2) is 13.4 Å². The molecular formula is C27H27ClN4O3S2. The van der Waals surface area contributed by atoms with E-state index in [4.69, 9.17) is 16.6 Å². The lowest BCUT2D eigenvalue weighted by Crippen LogP contribution is -2.44. The SMILES string of the molecule is Cc1ccc(S(=O)(=O)N2CCC(C(=O)N(Cc3cccnc3)c3nc4c(C)c(Cl)ccc4s3)CC2)cc1. The summed E-state index contributed by atoms with van der Waals surface area (Å²) in [5.74, 6) is -0.364. The highest BCUT2D eigenvalue weighted by Gasteiger charge is 2.35. The molecule has 1 amide bonds. The molecule has 7 nitrogen and oxygen atoms in total. The van der Waals surface area contributed by atoms with E-state index in [1.807, 2.05) is 38.1 Å². The lowest BCUT2D eigenvalue weighted by Gasteiger charge is -2.33. The number of rotatable bonds is 6. The molecule has 37 heavy (non-hydrogen) atoms. The van der Waals surface area contributed by atoms with Gasteiger partial charge in [-0.1, -0.05) is 46.7 Å². The first-order valence-corrected chi connectivity index (χ1v) is 14.7. The Labute approximate surface area is 225 Å². The van der Waals surface area contributed by atoms with Crippen LogP contribution >= 0.6 is 22.9 Å². The average molecular weight is 555 g/mol. The van der Waals surface area contributed by atoms with E-state index in [2.05, 4.69) is 4.98 Å².